The summed E-state index contributed by atoms with van der Waals surface area (Å²) in [5, 5.41) is 3.03. The zero-order valence-electron chi connectivity index (χ0n) is 11.5. The number of amides is 1. The lowest BCUT2D eigenvalue weighted by atomic mass is 10.0. The normalized spacial score (nSPS) is 16.5. The van der Waals surface area contributed by atoms with Crippen LogP contribution in [0.3, 0.4) is 0 Å². The lowest BCUT2D eigenvalue weighted by Crippen LogP contribution is -2.61. The molecule has 0 aliphatic rings. The summed E-state index contributed by atoms with van der Waals surface area (Å²) < 4.78 is 43.6. The molecule has 4 nitrogen and oxygen atoms in total. The lowest BCUT2D eigenvalue weighted by Gasteiger charge is -2.27. The largest absolute Gasteiger partial charge is 0.459 e. The van der Waals surface area contributed by atoms with Crippen LogP contribution in [0.15, 0.2) is 34.7 Å². The number of alkyl halides is 3. The van der Waals surface area contributed by atoms with Crippen molar-refractivity contribution in [2.24, 2.45) is 5.73 Å². The maximum Gasteiger partial charge on any atom is 0.415 e. The van der Waals surface area contributed by atoms with E-state index >= 15 is 0 Å². The van der Waals surface area contributed by atoms with E-state index in [9.17, 15) is 18.0 Å². The molecule has 0 radical (unpaired) electrons. The molecule has 1 heterocycles. The van der Waals surface area contributed by atoms with Crippen molar-refractivity contribution in [2.75, 3.05) is 0 Å². The predicted molar refractivity (Wildman–Crippen MR) is 71.4 cm³/mol. The van der Waals surface area contributed by atoms with Crippen LogP contribution in [-0.2, 0) is 4.79 Å². The summed E-state index contributed by atoms with van der Waals surface area (Å²) in [6.07, 6.45) is -4.83. The van der Waals surface area contributed by atoms with Crippen LogP contribution in [0.2, 0.25) is 0 Å². The fourth-order valence-corrected chi connectivity index (χ4v) is 1.76. The van der Waals surface area contributed by atoms with Gasteiger partial charge >= 0.3 is 6.18 Å². The Morgan fingerprint density at radius 3 is 2.52 bits per heavy atom. The average molecular weight is 300 g/mol. The van der Waals surface area contributed by atoms with Crippen molar-refractivity contribution in [1.29, 1.82) is 0 Å². The summed E-state index contributed by atoms with van der Waals surface area (Å²) in [4.78, 5) is 11.7. The summed E-state index contributed by atoms with van der Waals surface area (Å²) in [5.41, 5.74) is 2.72. The van der Waals surface area contributed by atoms with Crippen molar-refractivity contribution in [1.82, 2.24) is 5.32 Å². The van der Waals surface area contributed by atoms with E-state index in [2.05, 4.69) is 5.32 Å². The number of nitrogens with two attached hydrogens (primary N) is 1. The van der Waals surface area contributed by atoms with Gasteiger partial charge < -0.3 is 15.5 Å². The minimum atomic E-state index is -4.83. The molecule has 1 aromatic heterocycles. The van der Waals surface area contributed by atoms with Gasteiger partial charge in [0.1, 0.15) is 11.3 Å². The van der Waals surface area contributed by atoms with Gasteiger partial charge in [-0.3, -0.25) is 4.79 Å². The standard InChI is InChI=1S/C14H15F3N2O2/c1-8(19-12(20)13(2,18)14(15,16)17)11-7-9-5-3-4-6-10(9)21-11/h3-8H,18H2,1-2H3,(H,19,20). The summed E-state index contributed by atoms with van der Waals surface area (Å²) in [5.74, 6) is -0.939. The number of carbonyl (C=O) groups excluding carboxylic acids is 1. The molecule has 1 amide bonds. The van der Waals surface area contributed by atoms with E-state index in [1.54, 1.807) is 24.3 Å². The zero-order valence-corrected chi connectivity index (χ0v) is 11.5. The second-order valence-corrected chi connectivity index (χ2v) is 5.08. The number of benzene rings is 1. The smallest absolute Gasteiger partial charge is 0.415 e. The van der Waals surface area contributed by atoms with E-state index in [0.29, 0.717) is 18.3 Å². The van der Waals surface area contributed by atoms with E-state index in [4.69, 9.17) is 10.2 Å². The number of halogens is 3. The van der Waals surface area contributed by atoms with Gasteiger partial charge in [-0.25, -0.2) is 0 Å². The predicted octanol–water partition coefficient (Wildman–Crippen LogP) is 2.89. The molecule has 3 N–H and O–H groups in total. The summed E-state index contributed by atoms with van der Waals surface area (Å²) in [6, 6.07) is 8.07. The number of carbonyl (C=O) groups is 1. The summed E-state index contributed by atoms with van der Waals surface area (Å²) in [7, 11) is 0. The lowest BCUT2D eigenvalue weighted by molar-refractivity contribution is -0.187. The van der Waals surface area contributed by atoms with Gasteiger partial charge in [0.2, 0.25) is 5.91 Å². The molecule has 7 heteroatoms. The number of fused-ring (bicyclic) bond motifs is 1. The van der Waals surface area contributed by atoms with Crippen LogP contribution in [0.25, 0.3) is 11.0 Å². The molecular formula is C14H15F3N2O2. The van der Waals surface area contributed by atoms with E-state index < -0.39 is 23.7 Å². The second kappa shape index (κ2) is 5.07. The first-order chi connectivity index (χ1) is 9.63. The first-order valence-corrected chi connectivity index (χ1v) is 6.28. The SMILES string of the molecule is CC(NC(=O)C(C)(N)C(F)(F)F)c1cc2ccccc2o1. The Labute approximate surface area is 119 Å². The van der Waals surface area contributed by atoms with Gasteiger partial charge in [0.05, 0.1) is 6.04 Å². The molecule has 2 atom stereocenters. The number of hydrogen-bond acceptors (Lipinski definition) is 3. The monoisotopic (exact) mass is 300 g/mol. The summed E-state index contributed by atoms with van der Waals surface area (Å²) in [6.45, 7) is 2.16. The van der Waals surface area contributed by atoms with Crippen molar-refractivity contribution in [3.63, 3.8) is 0 Å². The number of rotatable bonds is 3. The molecule has 1 aromatic carbocycles. The molecule has 0 spiro atoms. The fraction of sp³-hybridized carbons (Fsp3) is 0.357. The van der Waals surface area contributed by atoms with Crippen LogP contribution >= 0.6 is 0 Å². The summed E-state index contributed by atoms with van der Waals surface area (Å²) >= 11 is 0. The quantitative estimate of drug-likeness (QED) is 0.916. The zero-order chi connectivity index (χ0) is 15.8. The molecule has 0 bridgehead atoms. The Morgan fingerprint density at radius 1 is 1.33 bits per heavy atom. The number of furan rings is 1. The maximum absolute atomic E-state index is 12.7. The first kappa shape index (κ1) is 15.4. The minimum Gasteiger partial charge on any atom is -0.459 e. The van der Waals surface area contributed by atoms with Gasteiger partial charge in [-0.2, -0.15) is 13.2 Å². The topological polar surface area (TPSA) is 68.3 Å². The van der Waals surface area contributed by atoms with Crippen molar-refractivity contribution in [3.05, 3.63) is 36.1 Å². The third-order valence-electron chi connectivity index (χ3n) is 3.28. The van der Waals surface area contributed by atoms with Crippen molar-refractivity contribution < 1.29 is 22.4 Å². The minimum absolute atomic E-state index is 0.363. The van der Waals surface area contributed by atoms with Crippen molar-refractivity contribution >= 4 is 16.9 Å². The van der Waals surface area contributed by atoms with Gasteiger partial charge in [-0.05, 0) is 26.0 Å². The van der Waals surface area contributed by atoms with Crippen LogP contribution in [0, 0.1) is 0 Å². The molecule has 2 unspecified atom stereocenters. The van der Waals surface area contributed by atoms with Gasteiger partial charge in [-0.1, -0.05) is 18.2 Å². The number of hydrogen-bond donors (Lipinski definition) is 2. The van der Waals surface area contributed by atoms with E-state index in [1.165, 1.54) is 6.92 Å². The highest BCUT2D eigenvalue weighted by molar-refractivity contribution is 5.87. The van der Waals surface area contributed by atoms with Crippen LogP contribution in [-0.4, -0.2) is 17.6 Å². The molecular weight excluding hydrogens is 285 g/mol. The Kier molecular flexibility index (Phi) is 3.71. The van der Waals surface area contributed by atoms with Gasteiger partial charge in [0.25, 0.3) is 0 Å². The molecule has 0 saturated carbocycles. The van der Waals surface area contributed by atoms with Crippen molar-refractivity contribution in [2.45, 2.75) is 31.6 Å². The van der Waals surface area contributed by atoms with E-state index in [1.807, 2.05) is 6.07 Å². The molecule has 0 aliphatic carbocycles. The first-order valence-electron chi connectivity index (χ1n) is 6.28. The average Bonchev–Trinajstić information content (AvgIpc) is 2.80. The molecule has 21 heavy (non-hydrogen) atoms. The van der Waals surface area contributed by atoms with E-state index in [0.717, 1.165) is 5.39 Å². The second-order valence-electron chi connectivity index (χ2n) is 5.08. The number of para-hydroxylation sites is 1. The Balaban J connectivity index is 2.18. The van der Waals surface area contributed by atoms with Gasteiger partial charge in [-0.15, -0.1) is 0 Å². The highest BCUT2D eigenvalue weighted by atomic mass is 19.4. The van der Waals surface area contributed by atoms with Crippen molar-refractivity contribution in [3.8, 4) is 0 Å². The third kappa shape index (κ3) is 2.87. The maximum atomic E-state index is 12.7. The molecule has 2 aromatic rings. The van der Waals surface area contributed by atoms with E-state index in [-0.39, 0.29) is 0 Å². The highest BCUT2D eigenvalue weighted by Gasteiger charge is 2.54. The van der Waals surface area contributed by atoms with Crippen LogP contribution in [0.1, 0.15) is 25.6 Å². The molecule has 114 valence electrons. The van der Waals surface area contributed by atoms with Crippen LogP contribution < -0.4 is 11.1 Å². The van der Waals surface area contributed by atoms with Gasteiger partial charge in [0.15, 0.2) is 5.54 Å². The highest BCUT2D eigenvalue weighted by Crippen LogP contribution is 2.29. The Morgan fingerprint density at radius 2 is 1.95 bits per heavy atom. The Hall–Kier alpha value is -2.02. The fourth-order valence-electron chi connectivity index (χ4n) is 1.76. The number of nitrogens with one attached hydrogen (secondary N) is 1. The third-order valence-corrected chi connectivity index (χ3v) is 3.28. The van der Waals surface area contributed by atoms with Crippen LogP contribution in [0.5, 0.6) is 0 Å². The molecule has 0 saturated heterocycles. The molecule has 0 aliphatic heterocycles. The Bertz CT molecular complexity index is 629. The molecule has 0 fully saturated rings. The molecule has 2 rings (SSSR count). The van der Waals surface area contributed by atoms with Gasteiger partial charge in [0, 0.05) is 5.39 Å². The van der Waals surface area contributed by atoms with Crippen LogP contribution in [0.4, 0.5) is 13.2 Å².